The van der Waals surface area contributed by atoms with E-state index in [1.165, 1.54) is 6.07 Å². The molecule has 1 heterocycles. The first-order valence-electron chi connectivity index (χ1n) is 8.14. The van der Waals surface area contributed by atoms with E-state index < -0.39 is 23.3 Å². The molecule has 7 heteroatoms. The fourth-order valence-corrected chi connectivity index (χ4v) is 3.44. The number of amides is 3. The lowest BCUT2D eigenvalue weighted by atomic mass is 9.87. The molecule has 0 saturated carbocycles. The van der Waals surface area contributed by atoms with E-state index in [0.717, 1.165) is 4.90 Å². The van der Waals surface area contributed by atoms with Crippen LogP contribution in [0.3, 0.4) is 0 Å². The molecule has 1 aliphatic heterocycles. The number of rotatable bonds is 5. The third-order valence-electron chi connectivity index (χ3n) is 4.63. The van der Waals surface area contributed by atoms with Crippen molar-refractivity contribution in [1.29, 1.82) is 0 Å². The van der Waals surface area contributed by atoms with Crippen LogP contribution in [0.4, 0.5) is 9.18 Å². The second kappa shape index (κ2) is 7.07. The lowest BCUT2D eigenvalue weighted by Gasteiger charge is -2.26. The molecule has 0 aliphatic carbocycles. The molecule has 2 aromatic rings. The van der Waals surface area contributed by atoms with E-state index in [1.807, 2.05) is 6.92 Å². The molecule has 1 fully saturated rings. The molecule has 2 aromatic carbocycles. The maximum atomic E-state index is 14.1. The average Bonchev–Trinajstić information content (AvgIpc) is 2.89. The lowest BCUT2D eigenvalue weighted by Crippen LogP contribution is -2.43. The number of methoxy groups -OCH3 is 1. The van der Waals surface area contributed by atoms with E-state index in [-0.39, 0.29) is 12.1 Å². The average molecular weight is 421 g/mol. The molecule has 5 nitrogen and oxygen atoms in total. The van der Waals surface area contributed by atoms with Gasteiger partial charge in [-0.1, -0.05) is 41.1 Å². The summed E-state index contributed by atoms with van der Waals surface area (Å²) in [7, 11) is 1.56. The molecule has 0 bridgehead atoms. The largest absolute Gasteiger partial charge is 0.497 e. The number of hydrogen-bond donors (Lipinski definition) is 1. The third kappa shape index (κ3) is 3.07. The molecule has 0 radical (unpaired) electrons. The highest BCUT2D eigenvalue weighted by atomic mass is 79.9. The first kappa shape index (κ1) is 18.4. The summed E-state index contributed by atoms with van der Waals surface area (Å²) in [5.41, 5.74) is -0.217. The van der Waals surface area contributed by atoms with Crippen LogP contribution in [-0.2, 0) is 16.9 Å². The highest BCUT2D eigenvalue weighted by molar-refractivity contribution is 9.10. The molecule has 3 rings (SSSR count). The van der Waals surface area contributed by atoms with Gasteiger partial charge in [-0.3, -0.25) is 9.69 Å². The Balaban J connectivity index is 1.92. The molecule has 1 aliphatic rings. The van der Waals surface area contributed by atoms with Gasteiger partial charge in [-0.25, -0.2) is 9.18 Å². The van der Waals surface area contributed by atoms with Crippen LogP contribution >= 0.6 is 15.9 Å². The molecular formula is C19H18BrFN2O3. The minimum atomic E-state index is -1.16. The normalized spacial score (nSPS) is 19.6. The summed E-state index contributed by atoms with van der Waals surface area (Å²) in [5, 5.41) is 2.79. The zero-order valence-electron chi connectivity index (χ0n) is 14.4. The van der Waals surface area contributed by atoms with Gasteiger partial charge in [-0.05, 0) is 36.2 Å². The van der Waals surface area contributed by atoms with E-state index >= 15 is 0 Å². The maximum absolute atomic E-state index is 14.1. The van der Waals surface area contributed by atoms with Crippen LogP contribution in [-0.4, -0.2) is 23.9 Å². The summed E-state index contributed by atoms with van der Waals surface area (Å²) < 4.78 is 19.9. The van der Waals surface area contributed by atoms with Crippen LogP contribution in [0.15, 0.2) is 46.9 Å². The van der Waals surface area contributed by atoms with Crippen molar-refractivity contribution >= 4 is 27.9 Å². The minimum Gasteiger partial charge on any atom is -0.497 e. The third-order valence-corrected chi connectivity index (χ3v) is 5.13. The van der Waals surface area contributed by atoms with Crippen molar-refractivity contribution in [2.75, 3.05) is 7.11 Å². The van der Waals surface area contributed by atoms with Crippen molar-refractivity contribution in [3.05, 3.63) is 63.9 Å². The standard InChI is InChI=1S/C19H18BrFN2O3/c1-3-19(13-5-8-15(26-2)9-6-13)17(24)23(18(25)22-19)11-12-4-7-14(20)10-16(12)21/h4-10H,3,11H2,1-2H3,(H,22,25). The maximum Gasteiger partial charge on any atom is 0.325 e. The molecule has 26 heavy (non-hydrogen) atoms. The molecule has 1 atom stereocenters. The van der Waals surface area contributed by atoms with Crippen molar-refractivity contribution < 1.29 is 18.7 Å². The number of halogens is 2. The Labute approximate surface area is 159 Å². The number of carbonyl (C=O) groups is 2. The monoisotopic (exact) mass is 420 g/mol. The Morgan fingerprint density at radius 1 is 1.19 bits per heavy atom. The van der Waals surface area contributed by atoms with Crippen LogP contribution in [0.2, 0.25) is 0 Å². The molecule has 1 N–H and O–H groups in total. The molecule has 0 spiro atoms. The zero-order chi connectivity index (χ0) is 18.9. The van der Waals surface area contributed by atoms with E-state index in [1.54, 1.807) is 43.5 Å². The van der Waals surface area contributed by atoms with E-state index in [4.69, 9.17) is 4.74 Å². The van der Waals surface area contributed by atoms with Gasteiger partial charge in [0, 0.05) is 10.0 Å². The van der Waals surface area contributed by atoms with E-state index in [0.29, 0.717) is 22.2 Å². The molecule has 136 valence electrons. The topological polar surface area (TPSA) is 58.6 Å². The number of benzene rings is 2. The van der Waals surface area contributed by atoms with Gasteiger partial charge in [0.25, 0.3) is 5.91 Å². The summed E-state index contributed by atoms with van der Waals surface area (Å²) in [6.07, 6.45) is 0.378. The molecule has 3 amide bonds. The van der Waals surface area contributed by atoms with E-state index in [9.17, 15) is 14.0 Å². The number of nitrogens with zero attached hydrogens (tertiary/aromatic N) is 1. The summed E-state index contributed by atoms with van der Waals surface area (Å²) in [6.45, 7) is 1.70. The van der Waals surface area contributed by atoms with Crippen LogP contribution < -0.4 is 10.1 Å². The van der Waals surface area contributed by atoms with Gasteiger partial charge in [0.2, 0.25) is 0 Å². The van der Waals surface area contributed by atoms with Crippen LogP contribution in [0.5, 0.6) is 5.75 Å². The quantitative estimate of drug-likeness (QED) is 0.744. The summed E-state index contributed by atoms with van der Waals surface area (Å²) >= 11 is 3.19. The van der Waals surface area contributed by atoms with Gasteiger partial charge in [0.1, 0.15) is 17.1 Å². The van der Waals surface area contributed by atoms with Crippen LogP contribution in [0.1, 0.15) is 24.5 Å². The van der Waals surface area contributed by atoms with Gasteiger partial charge >= 0.3 is 6.03 Å². The van der Waals surface area contributed by atoms with Gasteiger partial charge in [-0.2, -0.15) is 0 Å². The Bertz CT molecular complexity index is 856. The predicted octanol–water partition coefficient (Wildman–Crippen LogP) is 3.95. The Morgan fingerprint density at radius 2 is 1.88 bits per heavy atom. The van der Waals surface area contributed by atoms with Crippen LogP contribution in [0, 0.1) is 5.82 Å². The Hall–Kier alpha value is -2.41. The smallest absolute Gasteiger partial charge is 0.325 e. The minimum absolute atomic E-state index is 0.123. The summed E-state index contributed by atoms with van der Waals surface area (Å²) in [5.74, 6) is -0.207. The highest BCUT2D eigenvalue weighted by Crippen LogP contribution is 2.34. The number of imide groups is 1. The lowest BCUT2D eigenvalue weighted by molar-refractivity contribution is -0.132. The number of hydrogen-bond acceptors (Lipinski definition) is 3. The number of nitrogens with one attached hydrogen (secondary N) is 1. The molecule has 1 unspecified atom stereocenters. The van der Waals surface area contributed by atoms with Gasteiger partial charge < -0.3 is 10.1 Å². The van der Waals surface area contributed by atoms with Crippen molar-refractivity contribution in [3.8, 4) is 5.75 Å². The summed E-state index contributed by atoms with van der Waals surface area (Å²) in [4.78, 5) is 26.6. The summed E-state index contributed by atoms with van der Waals surface area (Å²) in [6, 6.07) is 11.0. The number of ether oxygens (including phenoxy) is 1. The van der Waals surface area contributed by atoms with Gasteiger partial charge in [-0.15, -0.1) is 0 Å². The van der Waals surface area contributed by atoms with Crippen molar-refractivity contribution in [2.45, 2.75) is 25.4 Å². The second-order valence-corrected chi connectivity index (χ2v) is 6.96. The zero-order valence-corrected chi connectivity index (χ0v) is 16.0. The predicted molar refractivity (Wildman–Crippen MR) is 98.1 cm³/mol. The highest BCUT2D eigenvalue weighted by Gasteiger charge is 2.51. The first-order chi connectivity index (χ1) is 12.4. The fraction of sp³-hybridized carbons (Fsp3) is 0.263. The second-order valence-electron chi connectivity index (χ2n) is 6.04. The van der Waals surface area contributed by atoms with Gasteiger partial charge in [0.05, 0.1) is 13.7 Å². The Morgan fingerprint density at radius 3 is 2.46 bits per heavy atom. The first-order valence-corrected chi connectivity index (χ1v) is 8.93. The number of carbonyl (C=O) groups excluding carboxylic acids is 2. The molecule has 1 saturated heterocycles. The number of urea groups is 1. The Kier molecular flexibility index (Phi) is 5.00. The fourth-order valence-electron chi connectivity index (χ4n) is 3.10. The van der Waals surface area contributed by atoms with Crippen molar-refractivity contribution in [3.63, 3.8) is 0 Å². The van der Waals surface area contributed by atoms with Gasteiger partial charge in [0.15, 0.2) is 0 Å². The van der Waals surface area contributed by atoms with E-state index in [2.05, 4.69) is 21.2 Å². The van der Waals surface area contributed by atoms with Crippen molar-refractivity contribution in [2.24, 2.45) is 0 Å². The molecule has 0 aromatic heterocycles. The SMILES string of the molecule is CCC1(c2ccc(OC)cc2)NC(=O)N(Cc2ccc(Br)cc2F)C1=O. The van der Waals surface area contributed by atoms with Crippen molar-refractivity contribution in [1.82, 2.24) is 10.2 Å². The van der Waals surface area contributed by atoms with Crippen LogP contribution in [0.25, 0.3) is 0 Å². The molecular weight excluding hydrogens is 403 g/mol.